The van der Waals surface area contributed by atoms with E-state index in [1.165, 1.54) is 6.08 Å². The van der Waals surface area contributed by atoms with E-state index in [4.69, 9.17) is 4.74 Å². The quantitative estimate of drug-likeness (QED) is 0.560. The van der Waals surface area contributed by atoms with E-state index in [2.05, 4.69) is 6.58 Å². The molecule has 0 bridgehead atoms. The molecule has 0 heterocycles. The van der Waals surface area contributed by atoms with Gasteiger partial charge in [-0.05, 0) is 19.7 Å². The molecule has 16 heavy (non-hydrogen) atoms. The summed E-state index contributed by atoms with van der Waals surface area (Å²) in [6.45, 7) is 3.70. The highest BCUT2D eigenvalue weighted by Gasteiger charge is 2.15. The number of esters is 1. The minimum Gasteiger partial charge on any atom is -0.461 e. The molecule has 3 heteroatoms. The number of hydrogen-bond donors (Lipinski definition) is 0. The molecular formula is C13H17NO2. The number of carbonyl (C=O) groups excluding carboxylic acids is 1. The Bertz CT molecular complexity index is 346. The highest BCUT2D eigenvalue weighted by molar-refractivity contribution is 5.81. The standard InChI is InChI=1S/C13H17NO2/c1-4-13(15)16-10-12(14(2)3)11-8-6-5-7-9-11/h4-9,12H,1,10H2,2-3H3. The molecule has 0 radical (unpaired) electrons. The summed E-state index contributed by atoms with van der Waals surface area (Å²) in [4.78, 5) is 13.0. The summed E-state index contributed by atoms with van der Waals surface area (Å²) in [7, 11) is 3.92. The second-order valence-corrected chi connectivity index (χ2v) is 3.72. The van der Waals surface area contributed by atoms with E-state index in [0.717, 1.165) is 5.56 Å². The van der Waals surface area contributed by atoms with Gasteiger partial charge in [0, 0.05) is 6.08 Å². The minimum absolute atomic E-state index is 0.0742. The zero-order valence-electron chi connectivity index (χ0n) is 9.72. The molecule has 0 N–H and O–H groups in total. The number of nitrogens with zero attached hydrogens (tertiary/aromatic N) is 1. The summed E-state index contributed by atoms with van der Waals surface area (Å²) in [5, 5.41) is 0. The van der Waals surface area contributed by atoms with Gasteiger partial charge in [-0.25, -0.2) is 4.79 Å². The average Bonchev–Trinajstić information content (AvgIpc) is 2.30. The summed E-state index contributed by atoms with van der Waals surface area (Å²) in [5.41, 5.74) is 1.13. The first-order chi connectivity index (χ1) is 7.65. The fourth-order valence-electron chi connectivity index (χ4n) is 1.44. The number of likely N-dealkylation sites (N-methyl/N-ethyl adjacent to an activating group) is 1. The topological polar surface area (TPSA) is 29.5 Å². The van der Waals surface area contributed by atoms with Crippen molar-refractivity contribution in [3.8, 4) is 0 Å². The third kappa shape index (κ3) is 3.51. The molecule has 1 unspecified atom stereocenters. The third-order valence-electron chi connectivity index (χ3n) is 2.36. The smallest absolute Gasteiger partial charge is 0.330 e. The maximum absolute atomic E-state index is 11.0. The van der Waals surface area contributed by atoms with E-state index in [9.17, 15) is 4.79 Å². The minimum atomic E-state index is -0.386. The van der Waals surface area contributed by atoms with Gasteiger partial charge >= 0.3 is 5.97 Å². The molecule has 1 aromatic rings. The molecule has 0 aromatic heterocycles. The molecule has 0 saturated heterocycles. The molecule has 0 spiro atoms. The van der Waals surface area contributed by atoms with Crippen LogP contribution in [0.4, 0.5) is 0 Å². The summed E-state index contributed by atoms with van der Waals surface area (Å²) in [6, 6.07) is 10.0. The van der Waals surface area contributed by atoms with Crippen molar-refractivity contribution in [3.63, 3.8) is 0 Å². The number of hydrogen-bond acceptors (Lipinski definition) is 3. The van der Waals surface area contributed by atoms with Gasteiger partial charge in [-0.1, -0.05) is 36.9 Å². The lowest BCUT2D eigenvalue weighted by Gasteiger charge is -2.24. The van der Waals surface area contributed by atoms with Crippen molar-refractivity contribution in [1.29, 1.82) is 0 Å². The number of benzene rings is 1. The van der Waals surface area contributed by atoms with E-state index >= 15 is 0 Å². The van der Waals surface area contributed by atoms with Gasteiger partial charge in [0.25, 0.3) is 0 Å². The van der Waals surface area contributed by atoms with Gasteiger partial charge in [-0.3, -0.25) is 4.90 Å². The van der Waals surface area contributed by atoms with Crippen molar-refractivity contribution >= 4 is 5.97 Å². The zero-order valence-corrected chi connectivity index (χ0v) is 9.72. The summed E-state index contributed by atoms with van der Waals surface area (Å²) in [6.07, 6.45) is 1.18. The Labute approximate surface area is 96.3 Å². The van der Waals surface area contributed by atoms with Crippen LogP contribution >= 0.6 is 0 Å². The fraction of sp³-hybridized carbons (Fsp3) is 0.308. The lowest BCUT2D eigenvalue weighted by molar-refractivity contribution is -0.139. The van der Waals surface area contributed by atoms with Gasteiger partial charge in [0.15, 0.2) is 0 Å². The second kappa shape index (κ2) is 6.08. The van der Waals surface area contributed by atoms with E-state index in [1.807, 2.05) is 49.3 Å². The normalized spacial score (nSPS) is 12.2. The molecule has 0 aliphatic heterocycles. The molecular weight excluding hydrogens is 202 g/mol. The van der Waals surface area contributed by atoms with Crippen LogP contribution in [-0.2, 0) is 9.53 Å². The molecule has 0 aliphatic rings. The van der Waals surface area contributed by atoms with Crippen molar-refractivity contribution in [1.82, 2.24) is 4.90 Å². The van der Waals surface area contributed by atoms with Crippen LogP contribution in [0.15, 0.2) is 43.0 Å². The maximum Gasteiger partial charge on any atom is 0.330 e. The third-order valence-corrected chi connectivity index (χ3v) is 2.36. The number of rotatable bonds is 5. The van der Waals surface area contributed by atoms with Crippen LogP contribution in [0.2, 0.25) is 0 Å². The fourth-order valence-corrected chi connectivity index (χ4v) is 1.44. The van der Waals surface area contributed by atoms with E-state index in [-0.39, 0.29) is 12.0 Å². The van der Waals surface area contributed by atoms with Gasteiger partial charge in [-0.2, -0.15) is 0 Å². The van der Waals surface area contributed by atoms with Crippen molar-refractivity contribution in [3.05, 3.63) is 48.6 Å². The first-order valence-electron chi connectivity index (χ1n) is 5.15. The molecule has 0 saturated carbocycles. The highest BCUT2D eigenvalue weighted by atomic mass is 16.5. The van der Waals surface area contributed by atoms with E-state index in [0.29, 0.717) is 6.61 Å². The Morgan fingerprint density at radius 2 is 2.06 bits per heavy atom. The molecule has 1 atom stereocenters. The summed E-state index contributed by atoms with van der Waals surface area (Å²) in [5.74, 6) is -0.386. The van der Waals surface area contributed by atoms with Crippen molar-refractivity contribution < 1.29 is 9.53 Å². The lowest BCUT2D eigenvalue weighted by Crippen LogP contribution is -2.25. The van der Waals surface area contributed by atoms with E-state index in [1.54, 1.807) is 0 Å². The number of carbonyl (C=O) groups is 1. The second-order valence-electron chi connectivity index (χ2n) is 3.72. The van der Waals surface area contributed by atoms with Gasteiger partial charge < -0.3 is 4.74 Å². The monoisotopic (exact) mass is 219 g/mol. The molecule has 86 valence electrons. The van der Waals surface area contributed by atoms with Gasteiger partial charge in [0.2, 0.25) is 0 Å². The predicted octanol–water partition coefficient (Wildman–Crippen LogP) is 2.02. The maximum atomic E-state index is 11.0. The first-order valence-corrected chi connectivity index (χ1v) is 5.15. The molecule has 0 aliphatic carbocycles. The van der Waals surface area contributed by atoms with Crippen LogP contribution in [0, 0.1) is 0 Å². The molecule has 3 nitrogen and oxygen atoms in total. The summed E-state index contributed by atoms with van der Waals surface area (Å²) >= 11 is 0. The van der Waals surface area contributed by atoms with Crippen molar-refractivity contribution in [2.75, 3.05) is 20.7 Å². The highest BCUT2D eigenvalue weighted by Crippen LogP contribution is 2.17. The largest absolute Gasteiger partial charge is 0.461 e. The van der Waals surface area contributed by atoms with Crippen LogP contribution in [-0.4, -0.2) is 31.6 Å². The molecule has 0 fully saturated rings. The van der Waals surface area contributed by atoms with Gasteiger partial charge in [-0.15, -0.1) is 0 Å². The molecule has 1 rings (SSSR count). The van der Waals surface area contributed by atoms with Crippen molar-refractivity contribution in [2.45, 2.75) is 6.04 Å². The van der Waals surface area contributed by atoms with Gasteiger partial charge in [0.1, 0.15) is 6.61 Å². The van der Waals surface area contributed by atoms with Crippen LogP contribution in [0.3, 0.4) is 0 Å². The SMILES string of the molecule is C=CC(=O)OCC(c1ccccc1)N(C)C. The Kier molecular flexibility index (Phi) is 4.73. The average molecular weight is 219 g/mol. The first kappa shape index (κ1) is 12.5. The van der Waals surface area contributed by atoms with Crippen LogP contribution in [0.25, 0.3) is 0 Å². The van der Waals surface area contributed by atoms with Crippen molar-refractivity contribution in [2.24, 2.45) is 0 Å². The number of ether oxygens (including phenoxy) is 1. The summed E-state index contributed by atoms with van der Waals surface area (Å²) < 4.78 is 5.07. The Morgan fingerprint density at radius 3 is 2.56 bits per heavy atom. The molecule has 1 aromatic carbocycles. The zero-order chi connectivity index (χ0) is 12.0. The Morgan fingerprint density at radius 1 is 1.44 bits per heavy atom. The van der Waals surface area contributed by atoms with Crippen LogP contribution < -0.4 is 0 Å². The van der Waals surface area contributed by atoms with Crippen LogP contribution in [0.5, 0.6) is 0 Å². The predicted molar refractivity (Wildman–Crippen MR) is 64.0 cm³/mol. The Hall–Kier alpha value is -1.61. The van der Waals surface area contributed by atoms with Gasteiger partial charge in [0.05, 0.1) is 6.04 Å². The van der Waals surface area contributed by atoms with E-state index < -0.39 is 0 Å². The Balaban J connectivity index is 2.69. The van der Waals surface area contributed by atoms with Crippen LogP contribution in [0.1, 0.15) is 11.6 Å². The molecule has 0 amide bonds. The lowest BCUT2D eigenvalue weighted by atomic mass is 10.1.